The van der Waals surface area contributed by atoms with Gasteiger partial charge in [0.15, 0.2) is 0 Å². The van der Waals surface area contributed by atoms with Crippen molar-refractivity contribution in [1.82, 2.24) is 0 Å². The molecule has 4 nitrogen and oxygen atoms in total. The number of hydrogen-bond acceptors (Lipinski definition) is 3. The van der Waals surface area contributed by atoms with E-state index < -0.39 is 5.91 Å². The highest BCUT2D eigenvalue weighted by Crippen LogP contribution is 2.46. The maximum absolute atomic E-state index is 11.2. The van der Waals surface area contributed by atoms with Gasteiger partial charge in [0.25, 0.3) is 0 Å². The van der Waals surface area contributed by atoms with E-state index in [0.717, 1.165) is 18.5 Å². The molecule has 2 rings (SSSR count). The number of carbonyl (C=O) groups is 1. The lowest BCUT2D eigenvalue weighted by Gasteiger charge is -2.45. The number of amides is 1. The maximum Gasteiger partial charge on any atom is 0.248 e. The van der Waals surface area contributed by atoms with E-state index >= 15 is 0 Å². The van der Waals surface area contributed by atoms with Gasteiger partial charge in [-0.3, -0.25) is 4.79 Å². The van der Waals surface area contributed by atoms with Crippen molar-refractivity contribution in [3.63, 3.8) is 0 Å². The second-order valence-electron chi connectivity index (χ2n) is 7.92. The highest BCUT2D eigenvalue weighted by atomic mass is 16.1. The van der Waals surface area contributed by atoms with Gasteiger partial charge < -0.3 is 16.8 Å². The van der Waals surface area contributed by atoms with Crippen LogP contribution >= 0.6 is 0 Å². The van der Waals surface area contributed by atoms with Gasteiger partial charge in [-0.2, -0.15) is 0 Å². The van der Waals surface area contributed by atoms with Crippen LogP contribution in [0.2, 0.25) is 0 Å². The molecule has 1 aromatic carbocycles. The van der Waals surface area contributed by atoms with Crippen molar-refractivity contribution in [2.45, 2.75) is 53.0 Å². The number of hydrogen-bond donors (Lipinski definition) is 3. The minimum atomic E-state index is -0.451. The van der Waals surface area contributed by atoms with Crippen molar-refractivity contribution in [3.8, 4) is 0 Å². The monoisotopic (exact) mass is 289 g/mol. The fraction of sp³-hybridized carbons (Fsp3) is 0.588. The third-order valence-corrected chi connectivity index (χ3v) is 4.25. The zero-order valence-electron chi connectivity index (χ0n) is 13.5. The summed E-state index contributed by atoms with van der Waals surface area (Å²) < 4.78 is 0. The van der Waals surface area contributed by atoms with Gasteiger partial charge in [-0.1, -0.05) is 27.7 Å². The second-order valence-corrected chi connectivity index (χ2v) is 7.92. The summed E-state index contributed by atoms with van der Waals surface area (Å²) in [5.74, 6) is -0.451. The Morgan fingerprint density at radius 3 is 2.24 bits per heavy atom. The topological polar surface area (TPSA) is 81.1 Å². The lowest BCUT2D eigenvalue weighted by molar-refractivity contribution is 0.1000. The summed E-state index contributed by atoms with van der Waals surface area (Å²) in [6, 6.07) is 5.61. The molecule has 0 unspecified atom stereocenters. The quantitative estimate of drug-likeness (QED) is 0.746. The van der Waals surface area contributed by atoms with E-state index in [-0.39, 0.29) is 0 Å². The summed E-state index contributed by atoms with van der Waals surface area (Å²) in [4.78, 5) is 11.2. The normalized spacial score (nSPS) is 21.0. The van der Waals surface area contributed by atoms with Crippen LogP contribution in [0.1, 0.15) is 57.3 Å². The molecule has 21 heavy (non-hydrogen) atoms. The molecule has 1 aliphatic rings. The number of carbonyl (C=O) groups excluding carboxylic acids is 1. The summed E-state index contributed by atoms with van der Waals surface area (Å²) in [6.45, 7) is 9.29. The molecule has 1 aromatic rings. The van der Waals surface area contributed by atoms with Gasteiger partial charge in [0.1, 0.15) is 0 Å². The average Bonchev–Trinajstić information content (AvgIpc) is 2.27. The molecule has 0 aliphatic heterocycles. The predicted molar refractivity (Wildman–Crippen MR) is 88.2 cm³/mol. The second kappa shape index (κ2) is 5.24. The van der Waals surface area contributed by atoms with Gasteiger partial charge in [0, 0.05) is 11.6 Å². The molecule has 0 aromatic heterocycles. The number of nitrogens with one attached hydrogen (secondary N) is 1. The number of nitrogens with two attached hydrogens (primary N) is 2. The van der Waals surface area contributed by atoms with E-state index in [9.17, 15) is 4.79 Å². The first-order chi connectivity index (χ1) is 9.58. The molecule has 1 saturated carbocycles. The molecule has 1 amide bonds. The first kappa shape index (κ1) is 15.7. The molecular weight excluding hydrogens is 262 g/mol. The number of benzene rings is 1. The number of nitrogen functional groups attached to an aromatic ring is 1. The number of rotatable bonds is 3. The van der Waals surface area contributed by atoms with E-state index in [4.69, 9.17) is 11.5 Å². The molecule has 0 atom stereocenters. The third kappa shape index (κ3) is 3.90. The van der Waals surface area contributed by atoms with E-state index in [1.54, 1.807) is 12.1 Å². The average molecular weight is 289 g/mol. The fourth-order valence-electron chi connectivity index (χ4n) is 4.02. The van der Waals surface area contributed by atoms with Crippen molar-refractivity contribution >= 4 is 17.3 Å². The Morgan fingerprint density at radius 1 is 1.19 bits per heavy atom. The lowest BCUT2D eigenvalue weighted by Crippen LogP contribution is -2.40. The highest BCUT2D eigenvalue weighted by molar-refractivity contribution is 5.94. The molecule has 0 radical (unpaired) electrons. The molecule has 1 aliphatic carbocycles. The summed E-state index contributed by atoms with van der Waals surface area (Å²) in [6.07, 6.45) is 3.47. The van der Waals surface area contributed by atoms with E-state index in [0.29, 0.717) is 28.1 Å². The molecule has 116 valence electrons. The first-order valence-electron chi connectivity index (χ1n) is 7.54. The van der Waals surface area contributed by atoms with Crippen molar-refractivity contribution in [1.29, 1.82) is 0 Å². The molecule has 0 bridgehead atoms. The number of primary amides is 1. The minimum absolute atomic E-state index is 0.321. The maximum atomic E-state index is 11.2. The van der Waals surface area contributed by atoms with E-state index in [1.165, 1.54) is 6.42 Å². The Hall–Kier alpha value is -1.71. The van der Waals surface area contributed by atoms with Crippen molar-refractivity contribution < 1.29 is 4.79 Å². The summed E-state index contributed by atoms with van der Waals surface area (Å²) in [5.41, 5.74) is 13.9. The van der Waals surface area contributed by atoms with Crippen LogP contribution in [0.3, 0.4) is 0 Å². The minimum Gasteiger partial charge on any atom is -0.397 e. The van der Waals surface area contributed by atoms with Gasteiger partial charge in [0.05, 0.1) is 11.4 Å². The van der Waals surface area contributed by atoms with Crippen LogP contribution < -0.4 is 16.8 Å². The lowest BCUT2D eigenvalue weighted by atomic mass is 9.63. The third-order valence-electron chi connectivity index (χ3n) is 4.25. The molecular formula is C17H27N3O. The van der Waals surface area contributed by atoms with Crippen LogP contribution in [0.25, 0.3) is 0 Å². The smallest absolute Gasteiger partial charge is 0.248 e. The van der Waals surface area contributed by atoms with E-state index in [1.807, 2.05) is 6.07 Å². The first-order valence-corrected chi connectivity index (χ1v) is 7.54. The Balaban J connectivity index is 2.16. The van der Waals surface area contributed by atoms with Gasteiger partial charge in [-0.05, 0) is 48.3 Å². The van der Waals surface area contributed by atoms with Crippen LogP contribution in [0.5, 0.6) is 0 Å². The van der Waals surface area contributed by atoms with Crippen LogP contribution in [0.4, 0.5) is 11.4 Å². The van der Waals surface area contributed by atoms with Gasteiger partial charge >= 0.3 is 0 Å². The van der Waals surface area contributed by atoms with E-state index in [2.05, 4.69) is 33.0 Å². The number of anilines is 2. The summed E-state index contributed by atoms with van der Waals surface area (Å²) >= 11 is 0. The molecule has 5 N–H and O–H groups in total. The van der Waals surface area contributed by atoms with Crippen molar-refractivity contribution in [3.05, 3.63) is 23.8 Å². The van der Waals surface area contributed by atoms with Crippen LogP contribution in [0.15, 0.2) is 18.2 Å². The van der Waals surface area contributed by atoms with Crippen molar-refractivity contribution in [2.75, 3.05) is 11.1 Å². The molecule has 1 fully saturated rings. The highest BCUT2D eigenvalue weighted by Gasteiger charge is 2.38. The SMILES string of the molecule is CC1(C)CC(Nc2ccc(C(N)=O)cc2N)CC(C)(C)C1. The van der Waals surface area contributed by atoms with Crippen LogP contribution in [0, 0.1) is 10.8 Å². The Bertz CT molecular complexity index is 533. The molecule has 0 spiro atoms. The Morgan fingerprint density at radius 2 is 1.76 bits per heavy atom. The van der Waals surface area contributed by atoms with Gasteiger partial charge in [0.2, 0.25) is 5.91 Å². The Labute approximate surface area is 127 Å². The predicted octanol–water partition coefficient (Wildman–Crippen LogP) is 3.38. The zero-order valence-corrected chi connectivity index (χ0v) is 13.5. The van der Waals surface area contributed by atoms with Gasteiger partial charge in [-0.25, -0.2) is 0 Å². The summed E-state index contributed by atoms with van der Waals surface area (Å²) in [7, 11) is 0. The largest absolute Gasteiger partial charge is 0.397 e. The Kier molecular flexibility index (Phi) is 3.91. The van der Waals surface area contributed by atoms with Crippen LogP contribution in [-0.4, -0.2) is 11.9 Å². The standard InChI is InChI=1S/C17H27N3O/c1-16(2)8-12(9-17(3,4)10-16)20-14-6-5-11(15(19)21)7-13(14)18/h5-7,12,20H,8-10,18H2,1-4H3,(H2,19,21). The van der Waals surface area contributed by atoms with Crippen LogP contribution in [-0.2, 0) is 0 Å². The van der Waals surface area contributed by atoms with Crippen molar-refractivity contribution in [2.24, 2.45) is 16.6 Å². The van der Waals surface area contributed by atoms with Gasteiger partial charge in [-0.15, -0.1) is 0 Å². The molecule has 4 heteroatoms. The summed E-state index contributed by atoms with van der Waals surface area (Å²) in [5, 5.41) is 3.55. The zero-order chi connectivity index (χ0) is 15.8. The molecule has 0 saturated heterocycles. The fourth-order valence-corrected chi connectivity index (χ4v) is 4.02. The molecule has 0 heterocycles.